The van der Waals surface area contributed by atoms with Crippen molar-refractivity contribution in [3.05, 3.63) is 46.4 Å². The fourth-order valence-electron chi connectivity index (χ4n) is 2.79. The third-order valence-electron chi connectivity index (χ3n) is 4.70. The molecule has 0 aromatic heterocycles. The molecule has 2 aromatic rings. The van der Waals surface area contributed by atoms with Gasteiger partial charge >= 0.3 is 0 Å². The van der Waals surface area contributed by atoms with Crippen LogP contribution >= 0.6 is 34.8 Å². The largest absolute Gasteiger partial charge is 0.493 e. The maximum Gasteiger partial charge on any atom is 0.206 e. The molecule has 0 unspecified atom stereocenters. The smallest absolute Gasteiger partial charge is 0.206 e. The van der Waals surface area contributed by atoms with Gasteiger partial charge in [-0.3, -0.25) is 0 Å². The Bertz CT molecular complexity index is 1130. The fraction of sp³-hybridized carbons (Fsp3) is 0.455. The van der Waals surface area contributed by atoms with Crippen molar-refractivity contribution in [2.75, 3.05) is 30.6 Å². The SMILES string of the molecule is CCS(=O)(=O)C[C@H](C)COc1c(Cl)cc(S(=O)(=O)c2ccc(OC[C@H](C)CCl)cc2)cc1Cl. The summed E-state index contributed by atoms with van der Waals surface area (Å²) in [5.41, 5.74) is 0. The first-order valence-corrected chi connectivity index (χ1v) is 14.8. The lowest BCUT2D eigenvalue weighted by Gasteiger charge is -2.16. The predicted octanol–water partition coefficient (Wildman–Crippen LogP) is 5.53. The van der Waals surface area contributed by atoms with E-state index in [0.717, 1.165) is 0 Å². The molecule has 0 radical (unpaired) electrons. The van der Waals surface area contributed by atoms with Gasteiger partial charge < -0.3 is 9.47 Å². The summed E-state index contributed by atoms with van der Waals surface area (Å²) in [5, 5.41) is 0.0308. The van der Waals surface area contributed by atoms with Crippen LogP contribution in [0.2, 0.25) is 10.0 Å². The number of rotatable bonds is 12. The van der Waals surface area contributed by atoms with Crippen LogP contribution in [0.5, 0.6) is 11.5 Å². The van der Waals surface area contributed by atoms with Crippen molar-refractivity contribution >= 4 is 54.5 Å². The highest BCUT2D eigenvalue weighted by molar-refractivity contribution is 7.91. The Hall–Kier alpha value is -1.19. The first-order valence-electron chi connectivity index (χ1n) is 10.3. The van der Waals surface area contributed by atoms with Gasteiger partial charge in [0.15, 0.2) is 5.75 Å². The minimum Gasteiger partial charge on any atom is -0.493 e. The van der Waals surface area contributed by atoms with E-state index in [4.69, 9.17) is 44.3 Å². The third kappa shape index (κ3) is 7.92. The van der Waals surface area contributed by atoms with E-state index in [1.165, 1.54) is 24.3 Å². The van der Waals surface area contributed by atoms with Gasteiger partial charge in [-0.2, -0.15) is 0 Å². The van der Waals surface area contributed by atoms with Gasteiger partial charge in [0.1, 0.15) is 15.6 Å². The van der Waals surface area contributed by atoms with Crippen molar-refractivity contribution in [3.63, 3.8) is 0 Å². The van der Waals surface area contributed by atoms with E-state index in [1.807, 2.05) is 6.92 Å². The molecule has 0 saturated heterocycles. The molecular weight excluding hydrogens is 531 g/mol. The van der Waals surface area contributed by atoms with Crippen LogP contribution in [0.4, 0.5) is 0 Å². The van der Waals surface area contributed by atoms with Crippen molar-refractivity contribution in [2.45, 2.75) is 30.6 Å². The summed E-state index contributed by atoms with van der Waals surface area (Å²) in [6.07, 6.45) is 0. The summed E-state index contributed by atoms with van der Waals surface area (Å²) < 4.78 is 60.8. The third-order valence-corrected chi connectivity index (χ3v) is 9.50. The summed E-state index contributed by atoms with van der Waals surface area (Å²) in [7, 11) is -7.05. The monoisotopic (exact) mass is 556 g/mol. The molecule has 0 amide bonds. The molecular formula is C22H27Cl3O6S2. The molecule has 0 aliphatic carbocycles. The molecule has 2 rings (SSSR count). The van der Waals surface area contributed by atoms with Crippen molar-refractivity contribution in [3.8, 4) is 11.5 Å². The van der Waals surface area contributed by atoms with Crippen LogP contribution in [0, 0.1) is 11.8 Å². The molecule has 11 heteroatoms. The molecule has 0 bridgehead atoms. The molecule has 0 fully saturated rings. The second-order valence-electron chi connectivity index (χ2n) is 7.88. The molecule has 2 atom stereocenters. The Labute approximate surface area is 211 Å². The van der Waals surface area contributed by atoms with E-state index in [1.54, 1.807) is 26.0 Å². The second-order valence-corrected chi connectivity index (χ2v) is 13.3. The van der Waals surface area contributed by atoms with Crippen LogP contribution in [-0.2, 0) is 19.7 Å². The maximum absolute atomic E-state index is 13.0. The molecule has 0 aliphatic rings. The summed E-state index contributed by atoms with van der Waals surface area (Å²) in [5.74, 6) is 0.989. The number of ether oxygens (including phenoxy) is 2. The highest BCUT2D eigenvalue weighted by atomic mass is 35.5. The highest BCUT2D eigenvalue weighted by Crippen LogP contribution is 2.37. The van der Waals surface area contributed by atoms with Crippen LogP contribution in [-0.4, -0.2) is 47.4 Å². The zero-order valence-corrected chi connectivity index (χ0v) is 22.5. The Kier molecular flexibility index (Phi) is 10.2. The van der Waals surface area contributed by atoms with Gasteiger partial charge in [0.2, 0.25) is 9.84 Å². The lowest BCUT2D eigenvalue weighted by atomic mass is 10.2. The number of alkyl halides is 1. The highest BCUT2D eigenvalue weighted by Gasteiger charge is 2.22. The standard InChI is InChI=1S/C22H27Cl3O6S2/c1-4-32(26,27)14-16(3)13-31-22-20(24)9-19(10-21(22)25)33(28,29)18-7-5-17(6-8-18)30-12-15(2)11-23/h5-10,15-16H,4,11-14H2,1-3H3/t15-,16-/m1/s1. The van der Waals surface area contributed by atoms with Crippen LogP contribution < -0.4 is 9.47 Å². The molecule has 0 spiro atoms. The summed E-state index contributed by atoms with van der Waals surface area (Å²) in [6.45, 7) is 5.75. The quantitative estimate of drug-likeness (QED) is 0.319. The molecule has 2 aromatic carbocycles. The Morgan fingerprint density at radius 3 is 1.91 bits per heavy atom. The normalized spacial score (nSPS) is 14.0. The molecule has 184 valence electrons. The van der Waals surface area contributed by atoms with Crippen LogP contribution in [0.25, 0.3) is 0 Å². The number of halogens is 3. The first kappa shape index (κ1) is 28.1. The average molecular weight is 558 g/mol. The van der Waals surface area contributed by atoms with Crippen LogP contribution in [0.3, 0.4) is 0 Å². The fourth-order valence-corrected chi connectivity index (χ4v) is 6.11. The number of sulfone groups is 2. The first-order chi connectivity index (χ1) is 15.4. The Morgan fingerprint density at radius 2 is 1.39 bits per heavy atom. The molecule has 33 heavy (non-hydrogen) atoms. The van der Waals surface area contributed by atoms with Gasteiger partial charge in [-0.05, 0) is 36.4 Å². The van der Waals surface area contributed by atoms with Crippen molar-refractivity contribution in [1.29, 1.82) is 0 Å². The van der Waals surface area contributed by atoms with Gasteiger partial charge in [0.25, 0.3) is 0 Å². The summed E-state index contributed by atoms with van der Waals surface area (Å²) >= 11 is 18.3. The predicted molar refractivity (Wildman–Crippen MR) is 133 cm³/mol. The van der Waals surface area contributed by atoms with Crippen molar-refractivity contribution < 1.29 is 26.3 Å². The lowest BCUT2D eigenvalue weighted by molar-refractivity contribution is 0.272. The lowest BCUT2D eigenvalue weighted by Crippen LogP contribution is -2.21. The second kappa shape index (κ2) is 12.0. The van der Waals surface area contributed by atoms with Crippen molar-refractivity contribution in [2.24, 2.45) is 11.8 Å². The van der Waals surface area contributed by atoms with E-state index >= 15 is 0 Å². The van der Waals surface area contributed by atoms with Crippen LogP contribution in [0.1, 0.15) is 20.8 Å². The van der Waals surface area contributed by atoms with E-state index in [-0.39, 0.29) is 55.5 Å². The van der Waals surface area contributed by atoms with Gasteiger partial charge in [-0.1, -0.05) is 44.0 Å². The Morgan fingerprint density at radius 1 is 0.848 bits per heavy atom. The average Bonchev–Trinajstić information content (AvgIpc) is 2.76. The minimum absolute atomic E-state index is 0.0154. The van der Waals surface area contributed by atoms with Gasteiger partial charge in [0.05, 0.1) is 38.8 Å². The molecule has 0 saturated carbocycles. The topological polar surface area (TPSA) is 86.7 Å². The van der Waals surface area contributed by atoms with Crippen LogP contribution in [0.15, 0.2) is 46.2 Å². The number of hydrogen-bond acceptors (Lipinski definition) is 6. The Balaban J connectivity index is 2.17. The van der Waals surface area contributed by atoms with E-state index < -0.39 is 19.7 Å². The maximum atomic E-state index is 13.0. The molecule has 6 nitrogen and oxygen atoms in total. The van der Waals surface area contributed by atoms with E-state index in [9.17, 15) is 16.8 Å². The molecule has 0 aliphatic heterocycles. The summed E-state index contributed by atoms with van der Waals surface area (Å²) in [6, 6.07) is 8.55. The number of hydrogen-bond donors (Lipinski definition) is 0. The zero-order valence-electron chi connectivity index (χ0n) is 18.6. The molecule has 0 N–H and O–H groups in total. The van der Waals surface area contributed by atoms with E-state index in [2.05, 4.69) is 0 Å². The van der Waals surface area contributed by atoms with Crippen molar-refractivity contribution in [1.82, 2.24) is 0 Å². The minimum atomic E-state index is -3.89. The molecule has 0 heterocycles. The van der Waals surface area contributed by atoms with Gasteiger partial charge in [-0.15, -0.1) is 11.6 Å². The van der Waals surface area contributed by atoms with Gasteiger partial charge in [-0.25, -0.2) is 16.8 Å². The summed E-state index contributed by atoms with van der Waals surface area (Å²) in [4.78, 5) is -0.0321. The number of benzene rings is 2. The zero-order chi connectivity index (χ0) is 24.8. The van der Waals surface area contributed by atoms with Gasteiger partial charge in [0, 0.05) is 23.5 Å². The van der Waals surface area contributed by atoms with E-state index in [0.29, 0.717) is 18.2 Å².